The number of thioether (sulfide) groups is 1. The molecule has 1 saturated heterocycles. The van der Waals surface area contributed by atoms with Gasteiger partial charge in [-0.1, -0.05) is 78.0 Å². The number of halogens is 1. The van der Waals surface area contributed by atoms with Gasteiger partial charge in [0.15, 0.2) is 4.34 Å². The highest BCUT2D eigenvalue weighted by atomic mass is 35.5. The minimum Gasteiger partial charge on any atom is -0.507 e. The number of aliphatic hydroxyl groups excluding tert-OH is 1. The number of hydrogen-bond donors (Lipinski definition) is 1. The highest BCUT2D eigenvalue weighted by Crippen LogP contribution is 2.44. The van der Waals surface area contributed by atoms with Crippen molar-refractivity contribution in [2.75, 3.05) is 4.90 Å². The molecule has 10 heteroatoms. The van der Waals surface area contributed by atoms with Gasteiger partial charge in [-0.05, 0) is 47.4 Å². The first-order valence-electron chi connectivity index (χ1n) is 11.5. The van der Waals surface area contributed by atoms with Gasteiger partial charge < -0.3 is 5.11 Å². The number of Topliss-reactive ketones (excluding diaryl/α,β-unsaturated/α-hetero) is 1. The van der Waals surface area contributed by atoms with Crippen LogP contribution >= 0.6 is 34.7 Å². The maximum Gasteiger partial charge on any atom is 0.301 e. The Morgan fingerprint density at radius 1 is 1.00 bits per heavy atom. The molecule has 0 saturated carbocycles. The van der Waals surface area contributed by atoms with Gasteiger partial charge in [-0.3, -0.25) is 19.5 Å². The fraction of sp³-hybridized carbons (Fsp3) is 0.148. The van der Waals surface area contributed by atoms with E-state index >= 15 is 0 Å². The Bertz CT molecular complexity index is 1470. The standard InChI is InChI=1S/C27H21ClN4O3S2/c1-2-16-3-7-18(8-4-16)22-21(23(33)19-11-13-29-14-12-19)24(34)25(35)32(22)26-30-31-27(37-26)36-15-17-5-9-20(28)10-6-17/h3-14,22,33H,2,15H2,1H3. The van der Waals surface area contributed by atoms with Crippen molar-refractivity contribution in [2.45, 2.75) is 29.5 Å². The van der Waals surface area contributed by atoms with E-state index in [1.165, 1.54) is 40.4 Å². The van der Waals surface area contributed by atoms with Gasteiger partial charge in [0.05, 0.1) is 11.6 Å². The van der Waals surface area contributed by atoms with Crippen LogP contribution in [0.25, 0.3) is 5.76 Å². The molecular weight excluding hydrogens is 528 g/mol. The maximum absolute atomic E-state index is 13.3. The van der Waals surface area contributed by atoms with E-state index in [-0.39, 0.29) is 11.3 Å². The molecular formula is C27H21ClN4O3S2. The van der Waals surface area contributed by atoms with E-state index in [9.17, 15) is 14.7 Å². The number of aryl methyl sites for hydroxylation is 1. The van der Waals surface area contributed by atoms with Crippen molar-refractivity contribution in [3.8, 4) is 0 Å². The number of pyridine rings is 1. The molecule has 1 unspecified atom stereocenters. The first-order valence-corrected chi connectivity index (χ1v) is 13.6. The zero-order valence-electron chi connectivity index (χ0n) is 19.7. The Hall–Kier alpha value is -3.53. The number of rotatable bonds is 7. The summed E-state index contributed by atoms with van der Waals surface area (Å²) in [5, 5.41) is 20.6. The number of anilines is 1. The van der Waals surface area contributed by atoms with Gasteiger partial charge in [0.1, 0.15) is 5.76 Å². The molecule has 1 atom stereocenters. The van der Waals surface area contributed by atoms with Gasteiger partial charge >= 0.3 is 5.91 Å². The molecule has 1 N–H and O–H groups in total. The summed E-state index contributed by atoms with van der Waals surface area (Å²) in [5.41, 5.74) is 3.29. The molecule has 7 nitrogen and oxygen atoms in total. The van der Waals surface area contributed by atoms with Crippen LogP contribution in [-0.4, -0.2) is 32.0 Å². The third-order valence-corrected chi connectivity index (χ3v) is 8.36. The van der Waals surface area contributed by atoms with Gasteiger partial charge in [0.25, 0.3) is 5.78 Å². The van der Waals surface area contributed by atoms with E-state index in [1.54, 1.807) is 12.1 Å². The summed E-state index contributed by atoms with van der Waals surface area (Å²) >= 11 is 8.67. The lowest BCUT2D eigenvalue weighted by Gasteiger charge is -2.22. The van der Waals surface area contributed by atoms with Crippen LogP contribution in [0.1, 0.15) is 35.2 Å². The summed E-state index contributed by atoms with van der Waals surface area (Å²) in [7, 11) is 0. The zero-order valence-corrected chi connectivity index (χ0v) is 22.1. The van der Waals surface area contributed by atoms with Gasteiger partial charge in [0.2, 0.25) is 5.13 Å². The fourth-order valence-corrected chi connectivity index (χ4v) is 5.98. The number of aromatic nitrogens is 3. The second-order valence-corrected chi connectivity index (χ2v) is 10.9. The largest absolute Gasteiger partial charge is 0.507 e. The predicted molar refractivity (Wildman–Crippen MR) is 146 cm³/mol. The Morgan fingerprint density at radius 3 is 2.35 bits per heavy atom. The average molecular weight is 549 g/mol. The van der Waals surface area contributed by atoms with E-state index < -0.39 is 17.7 Å². The Balaban J connectivity index is 1.52. The summed E-state index contributed by atoms with van der Waals surface area (Å²) in [6.45, 7) is 2.05. The van der Waals surface area contributed by atoms with Crippen LogP contribution in [0.15, 0.2) is 83.0 Å². The molecule has 0 aliphatic carbocycles. The summed E-state index contributed by atoms with van der Waals surface area (Å²) in [6.07, 6.45) is 3.89. The first-order chi connectivity index (χ1) is 18.0. The molecule has 3 heterocycles. The molecule has 1 fully saturated rings. The van der Waals surface area contributed by atoms with Crippen molar-refractivity contribution in [1.29, 1.82) is 0 Å². The maximum atomic E-state index is 13.3. The van der Waals surface area contributed by atoms with Crippen LogP contribution in [0.4, 0.5) is 5.13 Å². The van der Waals surface area contributed by atoms with E-state index in [2.05, 4.69) is 22.1 Å². The Morgan fingerprint density at radius 2 is 1.68 bits per heavy atom. The molecule has 2 aromatic heterocycles. The van der Waals surface area contributed by atoms with Crippen LogP contribution in [0.3, 0.4) is 0 Å². The van der Waals surface area contributed by atoms with E-state index in [4.69, 9.17) is 11.6 Å². The monoisotopic (exact) mass is 548 g/mol. The summed E-state index contributed by atoms with van der Waals surface area (Å²) < 4.78 is 0.654. The second kappa shape index (κ2) is 10.8. The van der Waals surface area contributed by atoms with E-state index in [0.717, 1.165) is 17.5 Å². The molecule has 0 bridgehead atoms. The average Bonchev–Trinajstić information content (AvgIpc) is 3.50. The molecule has 0 radical (unpaired) electrons. The van der Waals surface area contributed by atoms with Gasteiger partial charge in [-0.15, -0.1) is 10.2 Å². The predicted octanol–water partition coefficient (Wildman–Crippen LogP) is 6.07. The quantitative estimate of drug-likeness (QED) is 0.0984. The smallest absolute Gasteiger partial charge is 0.301 e. The molecule has 2 aromatic carbocycles. The summed E-state index contributed by atoms with van der Waals surface area (Å²) in [4.78, 5) is 31.9. The lowest BCUT2D eigenvalue weighted by atomic mass is 9.95. The van der Waals surface area contributed by atoms with Crippen molar-refractivity contribution in [1.82, 2.24) is 15.2 Å². The normalized spacial score (nSPS) is 16.9. The molecule has 0 spiro atoms. The SMILES string of the molecule is CCc1ccc(C2C(=C(O)c3ccncc3)C(=O)C(=O)N2c2nnc(SCc3ccc(Cl)cc3)s2)cc1. The molecule has 4 aromatic rings. The van der Waals surface area contributed by atoms with E-state index in [1.807, 2.05) is 48.5 Å². The summed E-state index contributed by atoms with van der Waals surface area (Å²) in [5.74, 6) is -1.14. The van der Waals surface area contributed by atoms with E-state index in [0.29, 0.717) is 31.4 Å². The van der Waals surface area contributed by atoms with Gasteiger partial charge in [-0.2, -0.15) is 0 Å². The number of carbonyl (C=O) groups excluding carboxylic acids is 2. The van der Waals surface area contributed by atoms with Crippen LogP contribution < -0.4 is 4.90 Å². The van der Waals surface area contributed by atoms with Crippen LogP contribution in [0.2, 0.25) is 5.02 Å². The van der Waals surface area contributed by atoms with Gasteiger partial charge in [0, 0.05) is 28.7 Å². The number of aliphatic hydroxyl groups is 1. The lowest BCUT2D eigenvalue weighted by Crippen LogP contribution is -2.29. The van der Waals surface area contributed by atoms with Crippen molar-refractivity contribution < 1.29 is 14.7 Å². The molecule has 1 aliphatic heterocycles. The molecule has 1 aliphatic rings. The zero-order chi connectivity index (χ0) is 25.9. The third kappa shape index (κ3) is 5.16. The fourth-order valence-electron chi connectivity index (χ4n) is 4.03. The third-order valence-electron chi connectivity index (χ3n) is 5.98. The highest BCUT2D eigenvalue weighted by Gasteiger charge is 2.48. The second-order valence-electron chi connectivity index (χ2n) is 8.27. The van der Waals surface area contributed by atoms with Crippen LogP contribution in [-0.2, 0) is 21.8 Å². The molecule has 186 valence electrons. The van der Waals surface area contributed by atoms with Crippen molar-refractivity contribution >= 4 is 57.3 Å². The number of benzene rings is 2. The van der Waals surface area contributed by atoms with Crippen LogP contribution in [0.5, 0.6) is 0 Å². The number of carbonyl (C=O) groups is 2. The lowest BCUT2D eigenvalue weighted by molar-refractivity contribution is -0.132. The van der Waals surface area contributed by atoms with Crippen molar-refractivity contribution in [3.05, 3.63) is 106 Å². The van der Waals surface area contributed by atoms with Crippen molar-refractivity contribution in [3.63, 3.8) is 0 Å². The van der Waals surface area contributed by atoms with Crippen molar-refractivity contribution in [2.24, 2.45) is 0 Å². The molecule has 37 heavy (non-hydrogen) atoms. The topological polar surface area (TPSA) is 96.3 Å². The van der Waals surface area contributed by atoms with Crippen LogP contribution in [0, 0.1) is 0 Å². The highest BCUT2D eigenvalue weighted by molar-refractivity contribution is 8.00. The number of ketones is 1. The number of amides is 1. The Labute approximate surface area is 226 Å². The van der Waals surface area contributed by atoms with Gasteiger partial charge in [-0.25, -0.2) is 0 Å². The number of hydrogen-bond acceptors (Lipinski definition) is 8. The molecule has 1 amide bonds. The minimum absolute atomic E-state index is 0.00557. The Kier molecular flexibility index (Phi) is 7.36. The molecule has 5 rings (SSSR count). The minimum atomic E-state index is -0.846. The number of nitrogens with zero attached hydrogens (tertiary/aromatic N) is 4. The summed E-state index contributed by atoms with van der Waals surface area (Å²) in [6, 6.07) is 17.5. The first kappa shape index (κ1) is 25.1.